The molecule has 0 rings (SSSR count). The van der Waals surface area contributed by atoms with Crippen LogP contribution in [0.2, 0.25) is 0 Å². The van der Waals surface area contributed by atoms with Crippen molar-refractivity contribution >= 4 is 39.5 Å². The van der Waals surface area contributed by atoms with Crippen LogP contribution in [-0.4, -0.2) is 96.7 Å². The molecule has 0 fully saturated rings. The van der Waals surface area contributed by atoms with E-state index in [0.29, 0.717) is 31.6 Å². The molecule has 0 aliphatic carbocycles. The molecule has 17 nitrogen and oxygen atoms in total. The number of hydrogen-bond acceptors (Lipinski definition) is 15. The predicted octanol–water partition coefficient (Wildman–Crippen LogP) is 23.0. The summed E-state index contributed by atoms with van der Waals surface area (Å²) in [5.41, 5.74) is 0. The van der Waals surface area contributed by atoms with Crippen LogP contribution in [0.4, 0.5) is 0 Å². The zero-order valence-electron chi connectivity index (χ0n) is 63.5. The number of hydrogen-bond donors (Lipinski definition) is 3. The van der Waals surface area contributed by atoms with Crippen LogP contribution < -0.4 is 0 Å². The van der Waals surface area contributed by atoms with Crippen molar-refractivity contribution < 1.29 is 80.2 Å². The maximum absolute atomic E-state index is 13.1. The van der Waals surface area contributed by atoms with Gasteiger partial charge in [-0.1, -0.05) is 350 Å². The van der Waals surface area contributed by atoms with Crippen LogP contribution >= 0.6 is 15.6 Å². The van der Waals surface area contributed by atoms with Crippen molar-refractivity contribution in [2.45, 2.75) is 420 Å². The summed E-state index contributed by atoms with van der Waals surface area (Å²) in [7, 11) is -9.91. The molecule has 0 heterocycles. The van der Waals surface area contributed by atoms with E-state index in [-0.39, 0.29) is 25.7 Å². The Balaban J connectivity index is 5.16. The van der Waals surface area contributed by atoms with Gasteiger partial charge in [-0.3, -0.25) is 37.3 Å². The quantitative estimate of drug-likeness (QED) is 0.0222. The Morgan fingerprint density at radius 1 is 0.299 bits per heavy atom. The summed E-state index contributed by atoms with van der Waals surface area (Å²) < 4.78 is 68.4. The lowest BCUT2D eigenvalue weighted by Gasteiger charge is -2.21. The number of esters is 4. The number of aliphatic hydroxyl groups excluding tert-OH is 1. The van der Waals surface area contributed by atoms with Gasteiger partial charge in [-0.2, -0.15) is 0 Å². The van der Waals surface area contributed by atoms with Crippen molar-refractivity contribution in [3.05, 3.63) is 0 Å². The van der Waals surface area contributed by atoms with Crippen LogP contribution in [0, 0.1) is 17.8 Å². The first kappa shape index (κ1) is 95.1. The Labute approximate surface area is 594 Å². The van der Waals surface area contributed by atoms with Crippen LogP contribution in [0.1, 0.15) is 402 Å². The summed E-state index contributed by atoms with van der Waals surface area (Å²) in [5.74, 6) is 0.267. The molecule has 0 aromatic rings. The number of ether oxygens (including phenoxy) is 4. The first-order valence-electron chi connectivity index (χ1n) is 40.4. The normalized spacial score (nSPS) is 14.6. The van der Waals surface area contributed by atoms with Crippen molar-refractivity contribution in [1.82, 2.24) is 0 Å². The van der Waals surface area contributed by atoms with Crippen molar-refractivity contribution in [3.8, 4) is 0 Å². The van der Waals surface area contributed by atoms with E-state index in [9.17, 15) is 43.2 Å². The SMILES string of the molecule is CCCCCCCCCCC(=O)OC[C@H](COP(=O)(O)OC[C@H](O)COP(=O)(O)OC[C@@H](COC(=O)CCCCCCCCCCCCCCCCC(C)CC)OC(=O)CCCCCCCCCCCCCCCCCCCCC(C)CC)OC(=O)CCCCCCCCC(C)C. The Bertz CT molecular complexity index is 1890. The van der Waals surface area contributed by atoms with E-state index in [1.54, 1.807) is 0 Å². The highest BCUT2D eigenvalue weighted by Gasteiger charge is 2.30. The molecule has 0 bridgehead atoms. The summed E-state index contributed by atoms with van der Waals surface area (Å²) in [5, 5.41) is 10.6. The second-order valence-electron chi connectivity index (χ2n) is 29.1. The first-order chi connectivity index (χ1) is 46.8. The predicted molar refractivity (Wildman–Crippen MR) is 395 cm³/mol. The monoisotopic (exact) mass is 1420 g/mol. The standard InChI is InChI=1S/C78H152O17P2/c1-8-11-12-13-14-37-45-52-59-75(80)88-66-74(95-78(83)62-55-48-41-40-42-49-56-69(4)5)68-93-97(86,87)91-64-72(79)63-90-96(84,85)92-67-73(65-89-76(81)60-53-46-38-33-29-25-22-21-24-28-32-36-44-51-58-71(7)10-3)94-77(82)61-54-47-39-34-30-26-20-18-16-15-17-19-23-27-31-35-43-50-57-70(6)9-2/h69-74,79H,8-68H2,1-7H3,(H,84,85)(H,86,87)/t70?,71?,72-,73-,74-/m1/s1. The molecule has 0 radical (unpaired) electrons. The molecular formula is C78H152O17P2. The van der Waals surface area contributed by atoms with E-state index in [4.69, 9.17) is 37.0 Å². The Morgan fingerprint density at radius 3 is 0.784 bits per heavy atom. The molecule has 4 unspecified atom stereocenters. The fourth-order valence-electron chi connectivity index (χ4n) is 11.9. The fraction of sp³-hybridized carbons (Fsp3) is 0.949. The zero-order chi connectivity index (χ0) is 71.6. The van der Waals surface area contributed by atoms with Gasteiger partial charge in [0.15, 0.2) is 12.2 Å². The highest BCUT2D eigenvalue weighted by molar-refractivity contribution is 7.47. The van der Waals surface area contributed by atoms with E-state index in [1.165, 1.54) is 205 Å². The van der Waals surface area contributed by atoms with Crippen molar-refractivity contribution in [2.24, 2.45) is 17.8 Å². The molecule has 3 N–H and O–H groups in total. The van der Waals surface area contributed by atoms with Gasteiger partial charge in [0.05, 0.1) is 26.4 Å². The number of rotatable bonds is 76. The number of carbonyl (C=O) groups excluding carboxylic acids is 4. The fourth-order valence-corrected chi connectivity index (χ4v) is 13.5. The number of aliphatic hydroxyl groups is 1. The molecule has 0 saturated carbocycles. The van der Waals surface area contributed by atoms with E-state index in [0.717, 1.165) is 108 Å². The topological polar surface area (TPSA) is 237 Å². The van der Waals surface area contributed by atoms with Crippen molar-refractivity contribution in [2.75, 3.05) is 39.6 Å². The zero-order valence-corrected chi connectivity index (χ0v) is 65.3. The van der Waals surface area contributed by atoms with Crippen molar-refractivity contribution in [3.63, 3.8) is 0 Å². The second-order valence-corrected chi connectivity index (χ2v) is 32.0. The number of carbonyl (C=O) groups is 4. The minimum atomic E-state index is -4.96. The van der Waals surface area contributed by atoms with E-state index in [1.807, 2.05) is 0 Å². The third-order valence-corrected chi connectivity index (χ3v) is 20.8. The molecule has 0 amide bonds. The number of phosphoric ester groups is 2. The van der Waals surface area contributed by atoms with Crippen LogP contribution in [0.5, 0.6) is 0 Å². The summed E-state index contributed by atoms with van der Waals surface area (Å²) in [4.78, 5) is 72.7. The van der Waals surface area contributed by atoms with Gasteiger partial charge in [0.25, 0.3) is 0 Å². The van der Waals surface area contributed by atoms with Gasteiger partial charge in [0.2, 0.25) is 0 Å². The van der Waals surface area contributed by atoms with E-state index in [2.05, 4.69) is 48.5 Å². The van der Waals surface area contributed by atoms with Gasteiger partial charge < -0.3 is 33.8 Å². The molecule has 0 saturated heterocycles. The highest BCUT2D eigenvalue weighted by Crippen LogP contribution is 2.45. The lowest BCUT2D eigenvalue weighted by molar-refractivity contribution is -0.161. The smallest absolute Gasteiger partial charge is 0.462 e. The molecule has 0 aromatic heterocycles. The van der Waals surface area contributed by atoms with Crippen LogP contribution in [0.25, 0.3) is 0 Å². The third kappa shape index (κ3) is 69.5. The Kier molecular flexibility index (Phi) is 67.1. The molecule has 0 aliphatic rings. The van der Waals surface area contributed by atoms with Gasteiger partial charge in [0.1, 0.15) is 19.3 Å². The molecule has 19 heteroatoms. The molecule has 97 heavy (non-hydrogen) atoms. The van der Waals surface area contributed by atoms with Gasteiger partial charge in [-0.05, 0) is 43.4 Å². The third-order valence-electron chi connectivity index (χ3n) is 18.9. The number of unbranched alkanes of at least 4 members (excludes halogenated alkanes) is 42. The molecule has 0 aliphatic heterocycles. The molecular weight excluding hydrogens is 1270 g/mol. The highest BCUT2D eigenvalue weighted by atomic mass is 31.2. The maximum atomic E-state index is 13.1. The Morgan fingerprint density at radius 2 is 0.526 bits per heavy atom. The van der Waals surface area contributed by atoms with Gasteiger partial charge in [-0.25, -0.2) is 9.13 Å². The van der Waals surface area contributed by atoms with Crippen LogP contribution in [0.15, 0.2) is 0 Å². The first-order valence-corrected chi connectivity index (χ1v) is 43.4. The molecule has 0 spiro atoms. The minimum Gasteiger partial charge on any atom is -0.462 e. The maximum Gasteiger partial charge on any atom is 0.472 e. The van der Waals surface area contributed by atoms with Crippen LogP contribution in [0.3, 0.4) is 0 Å². The van der Waals surface area contributed by atoms with E-state index < -0.39 is 97.5 Å². The van der Waals surface area contributed by atoms with Crippen molar-refractivity contribution in [1.29, 1.82) is 0 Å². The van der Waals surface area contributed by atoms with Gasteiger partial charge in [-0.15, -0.1) is 0 Å². The summed E-state index contributed by atoms with van der Waals surface area (Å²) >= 11 is 0. The molecule has 7 atom stereocenters. The number of phosphoric acid groups is 2. The van der Waals surface area contributed by atoms with E-state index >= 15 is 0 Å². The Hall–Kier alpha value is -1.94. The summed E-state index contributed by atoms with van der Waals surface area (Å²) in [6.07, 6.45) is 55.8. The minimum absolute atomic E-state index is 0.102. The summed E-state index contributed by atoms with van der Waals surface area (Å²) in [6, 6.07) is 0. The average molecular weight is 1420 g/mol. The second kappa shape index (κ2) is 68.5. The molecule has 576 valence electrons. The lowest BCUT2D eigenvalue weighted by Crippen LogP contribution is -2.30. The largest absolute Gasteiger partial charge is 0.472 e. The van der Waals surface area contributed by atoms with Gasteiger partial charge in [0, 0.05) is 25.7 Å². The summed E-state index contributed by atoms with van der Waals surface area (Å²) in [6.45, 7) is 11.9. The molecule has 0 aromatic carbocycles. The van der Waals surface area contributed by atoms with Gasteiger partial charge >= 0.3 is 39.5 Å². The average Bonchev–Trinajstić information content (AvgIpc) is 2.20. The van der Waals surface area contributed by atoms with Crippen LogP contribution in [-0.2, 0) is 65.4 Å². The lowest BCUT2D eigenvalue weighted by atomic mass is 9.99.